The summed E-state index contributed by atoms with van der Waals surface area (Å²) >= 11 is 0. The first-order valence-electron chi connectivity index (χ1n) is 2.45. The Bertz CT molecular complexity index is 41.4. The summed E-state index contributed by atoms with van der Waals surface area (Å²) in [6.45, 7) is 3.78. The normalized spacial score (nSPS) is 8.71. The van der Waals surface area contributed by atoms with Gasteiger partial charge in [0.05, 0.1) is 0 Å². The van der Waals surface area contributed by atoms with E-state index in [0.717, 1.165) is 12.8 Å². The van der Waals surface area contributed by atoms with E-state index in [4.69, 9.17) is 5.11 Å². The third-order valence-corrected chi connectivity index (χ3v) is 0.667. The molecule has 1 heteroatoms. The zero-order valence-electron chi connectivity index (χ0n) is 4.43. The van der Waals surface area contributed by atoms with Crippen LogP contribution >= 0.6 is 0 Å². The minimum absolute atomic E-state index is 0.258. The maximum atomic E-state index is 8.23. The van der Waals surface area contributed by atoms with Crippen molar-refractivity contribution in [3.05, 3.63) is 19.1 Å². The van der Waals surface area contributed by atoms with E-state index in [2.05, 4.69) is 6.58 Å². The van der Waals surface area contributed by atoms with Crippen LogP contribution in [0, 0.1) is 6.42 Å². The van der Waals surface area contributed by atoms with E-state index in [1.165, 1.54) is 0 Å². The highest BCUT2D eigenvalue weighted by molar-refractivity contribution is 4.76. The summed E-state index contributed by atoms with van der Waals surface area (Å²) in [5.74, 6) is 0. The van der Waals surface area contributed by atoms with Gasteiger partial charge in [0.1, 0.15) is 0 Å². The van der Waals surface area contributed by atoms with Crippen LogP contribution in [0.3, 0.4) is 0 Å². The number of hydrogen-bond donors (Lipinski definition) is 1. The number of unbranched alkanes of at least 4 members (excludes halogenated alkanes) is 2. The minimum atomic E-state index is 0.258. The first kappa shape index (κ1) is 6.70. The Morgan fingerprint density at radius 3 is 2.71 bits per heavy atom. The number of aliphatic hydroxyl groups excluding tert-OH is 1. The lowest BCUT2D eigenvalue weighted by atomic mass is 10.2. The van der Waals surface area contributed by atoms with Gasteiger partial charge < -0.3 is 5.11 Å². The fourth-order valence-corrected chi connectivity index (χ4v) is 0.327. The van der Waals surface area contributed by atoms with Gasteiger partial charge >= 0.3 is 0 Å². The van der Waals surface area contributed by atoms with Gasteiger partial charge in [-0.2, -0.15) is 0 Å². The summed E-state index contributed by atoms with van der Waals surface area (Å²) in [4.78, 5) is 0. The van der Waals surface area contributed by atoms with Crippen molar-refractivity contribution in [3.8, 4) is 0 Å². The Hall–Kier alpha value is -0.300. The van der Waals surface area contributed by atoms with Crippen LogP contribution in [0.25, 0.3) is 0 Å². The number of rotatable bonds is 4. The van der Waals surface area contributed by atoms with E-state index in [1.807, 2.05) is 12.5 Å². The summed E-state index contributed by atoms with van der Waals surface area (Å²) < 4.78 is 0. The lowest BCUT2D eigenvalue weighted by molar-refractivity contribution is 0.297. The molecule has 1 nitrogen and oxygen atoms in total. The molecule has 0 saturated carbocycles. The molecule has 0 aromatic rings. The molecule has 7 heavy (non-hydrogen) atoms. The van der Waals surface area contributed by atoms with Gasteiger partial charge in [-0.05, 0) is 19.3 Å². The van der Waals surface area contributed by atoms with Gasteiger partial charge in [0.2, 0.25) is 0 Å². The van der Waals surface area contributed by atoms with Crippen molar-refractivity contribution in [2.24, 2.45) is 0 Å². The highest BCUT2D eigenvalue weighted by Crippen LogP contribution is 1.90. The summed E-state index contributed by atoms with van der Waals surface area (Å²) in [7, 11) is 0. The van der Waals surface area contributed by atoms with Crippen molar-refractivity contribution in [2.45, 2.75) is 12.8 Å². The van der Waals surface area contributed by atoms with E-state index in [-0.39, 0.29) is 6.61 Å². The average molecular weight is 99.2 g/mol. The Morgan fingerprint density at radius 2 is 2.29 bits per heavy atom. The lowest BCUT2D eigenvalue weighted by Gasteiger charge is -1.87. The van der Waals surface area contributed by atoms with Crippen LogP contribution in [-0.4, -0.2) is 11.7 Å². The molecule has 0 spiro atoms. The molecule has 0 bridgehead atoms. The predicted molar refractivity (Wildman–Crippen MR) is 30.8 cm³/mol. The van der Waals surface area contributed by atoms with Crippen LogP contribution in [-0.2, 0) is 0 Å². The molecule has 0 atom stereocenters. The molecule has 0 aromatic carbocycles. The molecule has 0 saturated heterocycles. The van der Waals surface area contributed by atoms with Crippen LogP contribution in [0.15, 0.2) is 12.7 Å². The second-order valence-corrected chi connectivity index (χ2v) is 1.33. The highest BCUT2D eigenvalue weighted by Gasteiger charge is 1.78. The molecule has 41 valence electrons. The summed E-state index contributed by atoms with van der Waals surface area (Å²) in [6, 6.07) is 0. The van der Waals surface area contributed by atoms with Crippen molar-refractivity contribution >= 4 is 0 Å². The van der Waals surface area contributed by atoms with Gasteiger partial charge in [0, 0.05) is 6.61 Å². The van der Waals surface area contributed by atoms with Crippen LogP contribution in [0.4, 0.5) is 0 Å². The van der Waals surface area contributed by atoms with Crippen LogP contribution < -0.4 is 0 Å². The van der Waals surface area contributed by atoms with E-state index in [9.17, 15) is 0 Å². The molecule has 0 aliphatic rings. The second-order valence-electron chi connectivity index (χ2n) is 1.33. The summed E-state index contributed by atoms with van der Waals surface area (Å²) in [6.07, 6.45) is 5.50. The van der Waals surface area contributed by atoms with E-state index < -0.39 is 0 Å². The van der Waals surface area contributed by atoms with E-state index in [0.29, 0.717) is 0 Å². The Kier molecular flexibility index (Phi) is 5.46. The highest BCUT2D eigenvalue weighted by atomic mass is 16.2. The van der Waals surface area contributed by atoms with Gasteiger partial charge in [-0.3, -0.25) is 0 Å². The van der Waals surface area contributed by atoms with Gasteiger partial charge in [0.25, 0.3) is 0 Å². The average Bonchev–Trinajstić information content (AvgIpc) is 1.69. The first-order valence-corrected chi connectivity index (χ1v) is 2.45. The molecule has 0 amide bonds. The quantitative estimate of drug-likeness (QED) is 0.414. The maximum Gasteiger partial charge on any atom is 0.0433 e. The summed E-state index contributed by atoms with van der Waals surface area (Å²) in [5, 5.41) is 8.23. The fraction of sp³-hybridized carbons (Fsp3) is 0.500. The molecule has 0 aliphatic carbocycles. The van der Waals surface area contributed by atoms with Gasteiger partial charge in [-0.1, -0.05) is 6.08 Å². The van der Waals surface area contributed by atoms with Crippen LogP contribution in [0.1, 0.15) is 12.8 Å². The maximum absolute atomic E-state index is 8.23. The minimum Gasteiger partial charge on any atom is -0.396 e. The Balaban J connectivity index is 2.56. The molecule has 0 aliphatic heterocycles. The van der Waals surface area contributed by atoms with Gasteiger partial charge in [-0.15, -0.1) is 6.58 Å². The topological polar surface area (TPSA) is 20.2 Å². The third kappa shape index (κ3) is 5.70. The Morgan fingerprint density at radius 1 is 1.57 bits per heavy atom. The molecule has 0 fully saturated rings. The molecular formula is C6H11O. The largest absolute Gasteiger partial charge is 0.396 e. The Labute approximate surface area is 44.7 Å². The molecular weight excluding hydrogens is 88.1 g/mol. The van der Waals surface area contributed by atoms with Crippen molar-refractivity contribution in [1.29, 1.82) is 0 Å². The molecule has 0 rings (SSSR count). The van der Waals surface area contributed by atoms with Gasteiger partial charge in [-0.25, -0.2) is 0 Å². The number of aliphatic hydroxyl groups is 1. The molecule has 1 radical (unpaired) electrons. The van der Waals surface area contributed by atoms with Crippen molar-refractivity contribution in [3.63, 3.8) is 0 Å². The smallest absolute Gasteiger partial charge is 0.0433 e. The zero-order valence-corrected chi connectivity index (χ0v) is 4.43. The van der Waals surface area contributed by atoms with Gasteiger partial charge in [0.15, 0.2) is 0 Å². The predicted octanol–water partition coefficient (Wildman–Crippen LogP) is 1.15. The molecule has 0 heterocycles. The van der Waals surface area contributed by atoms with Crippen LogP contribution in [0.2, 0.25) is 0 Å². The standard InChI is InChI=1S/C6H11O/c1-2-3-4-5-6-7/h2,4,7H,1,3,5-6H2. The number of hydrogen-bond acceptors (Lipinski definition) is 1. The first-order chi connectivity index (χ1) is 3.41. The molecule has 0 unspecified atom stereocenters. The van der Waals surface area contributed by atoms with E-state index in [1.54, 1.807) is 0 Å². The van der Waals surface area contributed by atoms with Crippen molar-refractivity contribution in [1.82, 2.24) is 0 Å². The summed E-state index contributed by atoms with van der Waals surface area (Å²) in [5.41, 5.74) is 0. The SMILES string of the molecule is C=CC[CH]CCO. The number of allylic oxidation sites excluding steroid dienone is 1. The van der Waals surface area contributed by atoms with Crippen LogP contribution in [0.5, 0.6) is 0 Å². The monoisotopic (exact) mass is 99.1 g/mol. The van der Waals surface area contributed by atoms with E-state index >= 15 is 0 Å². The van der Waals surface area contributed by atoms with Crippen molar-refractivity contribution in [2.75, 3.05) is 6.61 Å². The zero-order chi connectivity index (χ0) is 5.54. The second kappa shape index (κ2) is 5.70. The van der Waals surface area contributed by atoms with Crippen molar-refractivity contribution < 1.29 is 5.11 Å². The lowest BCUT2D eigenvalue weighted by Crippen LogP contribution is -1.80. The third-order valence-electron chi connectivity index (χ3n) is 0.667. The molecule has 0 aromatic heterocycles. The fourth-order valence-electron chi connectivity index (χ4n) is 0.327. The molecule has 1 N–H and O–H groups in total.